The van der Waals surface area contributed by atoms with Gasteiger partial charge in [-0.25, -0.2) is 4.98 Å². The average Bonchev–Trinajstić information content (AvgIpc) is 2.39. The third-order valence-electron chi connectivity index (χ3n) is 2.94. The minimum atomic E-state index is 0.759. The first-order valence-electron chi connectivity index (χ1n) is 6.43. The Morgan fingerprint density at radius 1 is 1.21 bits per heavy atom. The predicted molar refractivity (Wildman–Crippen MR) is 78.1 cm³/mol. The number of aromatic nitrogens is 2. The van der Waals surface area contributed by atoms with Crippen LogP contribution < -0.4 is 10.2 Å². The summed E-state index contributed by atoms with van der Waals surface area (Å²) in [5, 5.41) is 3.17. The van der Waals surface area contributed by atoms with Gasteiger partial charge >= 0.3 is 0 Å². The van der Waals surface area contributed by atoms with Crippen molar-refractivity contribution in [2.45, 2.75) is 20.0 Å². The van der Waals surface area contributed by atoms with Gasteiger partial charge in [-0.15, -0.1) is 0 Å². The second kappa shape index (κ2) is 6.29. The molecule has 0 spiro atoms. The van der Waals surface area contributed by atoms with Crippen molar-refractivity contribution in [3.63, 3.8) is 0 Å². The number of nitrogens with one attached hydrogen (secondary N) is 1. The highest BCUT2D eigenvalue weighted by atomic mass is 15.2. The molecule has 0 radical (unpaired) electrons. The second-order valence-corrected chi connectivity index (χ2v) is 4.64. The van der Waals surface area contributed by atoms with Crippen LogP contribution in [0.5, 0.6) is 0 Å². The fourth-order valence-electron chi connectivity index (χ4n) is 2.11. The van der Waals surface area contributed by atoms with Gasteiger partial charge in [0.15, 0.2) is 0 Å². The van der Waals surface area contributed by atoms with E-state index in [2.05, 4.69) is 26.3 Å². The first-order valence-corrected chi connectivity index (χ1v) is 6.43. The van der Waals surface area contributed by atoms with Gasteiger partial charge in [-0.3, -0.25) is 4.98 Å². The van der Waals surface area contributed by atoms with Crippen LogP contribution >= 0.6 is 0 Å². The molecule has 0 atom stereocenters. The fourth-order valence-corrected chi connectivity index (χ4v) is 2.11. The van der Waals surface area contributed by atoms with Gasteiger partial charge in [0, 0.05) is 31.0 Å². The first kappa shape index (κ1) is 13.5. The molecule has 0 aliphatic rings. The van der Waals surface area contributed by atoms with Crippen LogP contribution in [0.15, 0.2) is 36.5 Å². The summed E-state index contributed by atoms with van der Waals surface area (Å²) in [6.45, 7) is 3.58. The number of hydrogen-bond acceptors (Lipinski definition) is 4. The summed E-state index contributed by atoms with van der Waals surface area (Å²) in [7, 11) is 3.99. The van der Waals surface area contributed by atoms with E-state index in [0.717, 1.165) is 30.3 Å². The molecule has 4 nitrogen and oxygen atoms in total. The SMILES string of the molecule is CNCc1cccnc1N(C)Cc1cccc(C)n1. The third kappa shape index (κ3) is 3.51. The van der Waals surface area contributed by atoms with Gasteiger partial charge in [0.05, 0.1) is 12.2 Å². The fraction of sp³-hybridized carbons (Fsp3) is 0.333. The molecule has 0 unspecified atom stereocenters. The predicted octanol–water partition coefficient (Wildman–Crippen LogP) is 2.14. The van der Waals surface area contributed by atoms with Crippen molar-refractivity contribution in [1.82, 2.24) is 15.3 Å². The van der Waals surface area contributed by atoms with Crippen LogP contribution in [-0.2, 0) is 13.1 Å². The molecule has 4 heteroatoms. The van der Waals surface area contributed by atoms with Crippen LogP contribution in [0, 0.1) is 6.92 Å². The Balaban J connectivity index is 2.17. The molecule has 0 fully saturated rings. The molecule has 100 valence electrons. The summed E-state index contributed by atoms with van der Waals surface area (Å²) in [6, 6.07) is 10.2. The number of hydrogen-bond donors (Lipinski definition) is 1. The summed E-state index contributed by atoms with van der Waals surface area (Å²) in [5.41, 5.74) is 3.30. The normalized spacial score (nSPS) is 10.5. The molecular weight excluding hydrogens is 236 g/mol. The summed E-state index contributed by atoms with van der Waals surface area (Å²) < 4.78 is 0. The second-order valence-electron chi connectivity index (χ2n) is 4.64. The van der Waals surface area contributed by atoms with Gasteiger partial charge in [-0.05, 0) is 32.2 Å². The molecule has 2 aromatic rings. The van der Waals surface area contributed by atoms with Crippen molar-refractivity contribution in [2.24, 2.45) is 0 Å². The molecule has 2 heterocycles. The lowest BCUT2D eigenvalue weighted by Gasteiger charge is -2.20. The number of aryl methyl sites for hydroxylation is 1. The summed E-state index contributed by atoms with van der Waals surface area (Å²) in [5.74, 6) is 1.00. The zero-order chi connectivity index (χ0) is 13.7. The number of anilines is 1. The van der Waals surface area contributed by atoms with E-state index in [-0.39, 0.29) is 0 Å². The quantitative estimate of drug-likeness (QED) is 0.890. The van der Waals surface area contributed by atoms with E-state index >= 15 is 0 Å². The van der Waals surface area contributed by atoms with Crippen LogP contribution in [0.25, 0.3) is 0 Å². The highest BCUT2D eigenvalue weighted by Crippen LogP contribution is 2.17. The van der Waals surface area contributed by atoms with Gasteiger partial charge in [-0.2, -0.15) is 0 Å². The zero-order valence-electron chi connectivity index (χ0n) is 11.7. The minimum Gasteiger partial charge on any atom is -0.354 e. The molecule has 0 aliphatic heterocycles. The molecule has 1 N–H and O–H groups in total. The Morgan fingerprint density at radius 3 is 2.79 bits per heavy atom. The lowest BCUT2D eigenvalue weighted by atomic mass is 10.2. The molecule has 0 aromatic carbocycles. The summed E-state index contributed by atoms with van der Waals surface area (Å²) >= 11 is 0. The Bertz CT molecular complexity index is 539. The van der Waals surface area contributed by atoms with Gasteiger partial charge in [0.1, 0.15) is 5.82 Å². The highest BCUT2D eigenvalue weighted by Gasteiger charge is 2.09. The topological polar surface area (TPSA) is 41.1 Å². The molecule has 0 saturated carbocycles. The molecule has 19 heavy (non-hydrogen) atoms. The van der Waals surface area contributed by atoms with Crippen LogP contribution in [-0.4, -0.2) is 24.1 Å². The molecule has 0 bridgehead atoms. The van der Waals surface area contributed by atoms with Crippen molar-refractivity contribution >= 4 is 5.82 Å². The zero-order valence-corrected chi connectivity index (χ0v) is 11.7. The maximum Gasteiger partial charge on any atom is 0.133 e. The van der Waals surface area contributed by atoms with Crippen molar-refractivity contribution in [3.05, 3.63) is 53.5 Å². The average molecular weight is 256 g/mol. The lowest BCUT2D eigenvalue weighted by Crippen LogP contribution is -2.21. The van der Waals surface area contributed by atoms with Gasteiger partial charge in [0.2, 0.25) is 0 Å². The van der Waals surface area contributed by atoms with E-state index in [4.69, 9.17) is 0 Å². The monoisotopic (exact) mass is 256 g/mol. The molecule has 0 aliphatic carbocycles. The summed E-state index contributed by atoms with van der Waals surface area (Å²) in [4.78, 5) is 11.1. The van der Waals surface area contributed by atoms with Crippen LogP contribution in [0.4, 0.5) is 5.82 Å². The van der Waals surface area contributed by atoms with Gasteiger partial charge < -0.3 is 10.2 Å². The molecule has 2 rings (SSSR count). The molecular formula is C15H20N4. The number of rotatable bonds is 5. The highest BCUT2D eigenvalue weighted by molar-refractivity contribution is 5.46. The number of nitrogens with zero attached hydrogens (tertiary/aromatic N) is 3. The largest absolute Gasteiger partial charge is 0.354 e. The molecule has 0 saturated heterocycles. The molecule has 2 aromatic heterocycles. The van der Waals surface area contributed by atoms with Crippen molar-refractivity contribution in [2.75, 3.05) is 19.0 Å². The van der Waals surface area contributed by atoms with Crippen LogP contribution in [0.2, 0.25) is 0 Å². The number of pyridine rings is 2. The van der Waals surface area contributed by atoms with Crippen molar-refractivity contribution in [3.8, 4) is 0 Å². The smallest absolute Gasteiger partial charge is 0.133 e. The lowest BCUT2D eigenvalue weighted by molar-refractivity contribution is 0.789. The maximum atomic E-state index is 4.53. The van der Waals surface area contributed by atoms with Crippen molar-refractivity contribution in [1.29, 1.82) is 0 Å². The minimum absolute atomic E-state index is 0.759. The van der Waals surface area contributed by atoms with E-state index < -0.39 is 0 Å². The van der Waals surface area contributed by atoms with Crippen molar-refractivity contribution < 1.29 is 0 Å². The third-order valence-corrected chi connectivity index (χ3v) is 2.94. The van der Waals surface area contributed by atoms with E-state index in [0.29, 0.717) is 0 Å². The van der Waals surface area contributed by atoms with E-state index in [1.54, 1.807) is 0 Å². The van der Waals surface area contributed by atoms with Gasteiger partial charge in [0.25, 0.3) is 0 Å². The maximum absolute atomic E-state index is 4.53. The Hall–Kier alpha value is -1.94. The van der Waals surface area contributed by atoms with Gasteiger partial charge in [-0.1, -0.05) is 12.1 Å². The first-order chi connectivity index (χ1) is 9.20. The summed E-state index contributed by atoms with van der Waals surface area (Å²) in [6.07, 6.45) is 1.83. The van der Waals surface area contributed by atoms with E-state index in [1.807, 2.05) is 51.5 Å². The van der Waals surface area contributed by atoms with Crippen LogP contribution in [0.3, 0.4) is 0 Å². The van der Waals surface area contributed by atoms with Crippen LogP contribution in [0.1, 0.15) is 17.0 Å². The Labute approximate surface area is 114 Å². The molecule has 0 amide bonds. The van der Waals surface area contributed by atoms with E-state index in [9.17, 15) is 0 Å². The Morgan fingerprint density at radius 2 is 2.05 bits per heavy atom. The Kier molecular flexibility index (Phi) is 4.47. The standard InChI is InChI=1S/C15H20N4/c1-12-6-4-8-14(18-12)11-19(3)15-13(10-16-2)7-5-9-17-15/h4-9,16H,10-11H2,1-3H3. The van der Waals surface area contributed by atoms with E-state index in [1.165, 1.54) is 5.56 Å².